The van der Waals surface area contributed by atoms with Gasteiger partial charge in [-0.2, -0.15) is 19.9 Å². The molecule has 0 aliphatic carbocycles. The summed E-state index contributed by atoms with van der Waals surface area (Å²) in [6.07, 6.45) is -0.990. The normalized spacial score (nSPS) is 11.5. The molecule has 3 aromatic heterocycles. The Bertz CT molecular complexity index is 1040. The first-order valence-electron chi connectivity index (χ1n) is 7.40. The van der Waals surface area contributed by atoms with Gasteiger partial charge in [0.25, 0.3) is 6.43 Å². The van der Waals surface area contributed by atoms with Gasteiger partial charge in [-0.3, -0.25) is 4.98 Å². The van der Waals surface area contributed by atoms with E-state index in [2.05, 4.69) is 25.3 Å². The molecule has 0 fully saturated rings. The SMILES string of the molecule is Fc1ccccc1Cc1nn(-c2nc(C(F)F)n[nH]2)c2cccnc12. The van der Waals surface area contributed by atoms with E-state index in [1.807, 2.05) is 0 Å². The van der Waals surface area contributed by atoms with Crippen LogP contribution in [0.15, 0.2) is 42.6 Å². The molecule has 1 N–H and O–H groups in total. The van der Waals surface area contributed by atoms with Gasteiger partial charge in [-0.1, -0.05) is 18.2 Å². The lowest BCUT2D eigenvalue weighted by molar-refractivity contribution is 0.141. The van der Waals surface area contributed by atoms with Crippen molar-refractivity contribution in [1.82, 2.24) is 29.9 Å². The number of halogens is 3. The zero-order valence-electron chi connectivity index (χ0n) is 12.7. The fourth-order valence-corrected chi connectivity index (χ4v) is 2.57. The van der Waals surface area contributed by atoms with E-state index >= 15 is 0 Å². The van der Waals surface area contributed by atoms with Crippen LogP contribution in [-0.2, 0) is 6.42 Å². The number of nitrogens with zero attached hydrogens (tertiary/aromatic N) is 5. The van der Waals surface area contributed by atoms with Crippen LogP contribution < -0.4 is 0 Å². The molecule has 0 amide bonds. The van der Waals surface area contributed by atoms with Gasteiger partial charge in [0.1, 0.15) is 11.3 Å². The highest BCUT2D eigenvalue weighted by Crippen LogP contribution is 2.23. The van der Waals surface area contributed by atoms with Crippen LogP contribution in [0.5, 0.6) is 0 Å². The second-order valence-electron chi connectivity index (χ2n) is 5.32. The first-order chi connectivity index (χ1) is 12.1. The lowest BCUT2D eigenvalue weighted by atomic mass is 10.1. The van der Waals surface area contributed by atoms with E-state index in [-0.39, 0.29) is 18.2 Å². The summed E-state index contributed by atoms with van der Waals surface area (Å²) in [5.41, 5.74) is 2.08. The van der Waals surface area contributed by atoms with Gasteiger partial charge in [0.15, 0.2) is 0 Å². The second-order valence-corrected chi connectivity index (χ2v) is 5.32. The van der Waals surface area contributed by atoms with Crippen molar-refractivity contribution in [2.45, 2.75) is 12.8 Å². The maximum atomic E-state index is 13.9. The van der Waals surface area contributed by atoms with Crippen LogP contribution in [0, 0.1) is 5.82 Å². The van der Waals surface area contributed by atoms with Gasteiger partial charge in [-0.05, 0) is 23.8 Å². The molecule has 1 aromatic carbocycles. The topological polar surface area (TPSA) is 72.3 Å². The quantitative estimate of drug-likeness (QED) is 0.617. The Labute approximate surface area is 139 Å². The largest absolute Gasteiger partial charge is 0.299 e. The van der Waals surface area contributed by atoms with Crippen molar-refractivity contribution in [3.63, 3.8) is 0 Å². The number of fused-ring (bicyclic) bond motifs is 1. The number of pyridine rings is 1. The van der Waals surface area contributed by atoms with Crippen LogP contribution in [0.2, 0.25) is 0 Å². The number of aromatic nitrogens is 6. The molecule has 0 saturated heterocycles. The average molecular weight is 344 g/mol. The maximum absolute atomic E-state index is 13.9. The summed E-state index contributed by atoms with van der Waals surface area (Å²) in [7, 11) is 0. The van der Waals surface area contributed by atoms with Crippen molar-refractivity contribution >= 4 is 11.0 Å². The van der Waals surface area contributed by atoms with Crippen molar-refractivity contribution in [3.8, 4) is 5.95 Å². The molecular formula is C16H11F3N6. The number of nitrogens with one attached hydrogen (secondary N) is 1. The summed E-state index contributed by atoms with van der Waals surface area (Å²) in [5.74, 6) is -0.910. The van der Waals surface area contributed by atoms with Gasteiger partial charge < -0.3 is 0 Å². The van der Waals surface area contributed by atoms with Crippen LogP contribution in [-0.4, -0.2) is 29.9 Å². The van der Waals surface area contributed by atoms with Gasteiger partial charge in [0.05, 0.1) is 11.2 Å². The number of benzene rings is 1. The third kappa shape index (κ3) is 2.73. The van der Waals surface area contributed by atoms with E-state index in [1.165, 1.54) is 10.7 Å². The van der Waals surface area contributed by atoms with Gasteiger partial charge in [0.2, 0.25) is 11.8 Å². The molecule has 0 bridgehead atoms. The minimum atomic E-state index is -2.79. The molecule has 0 atom stereocenters. The number of aromatic amines is 1. The minimum absolute atomic E-state index is 0.0492. The first-order valence-corrected chi connectivity index (χ1v) is 7.40. The number of H-pyrrole nitrogens is 1. The third-order valence-corrected chi connectivity index (χ3v) is 3.71. The molecule has 126 valence electrons. The molecule has 25 heavy (non-hydrogen) atoms. The molecule has 0 unspecified atom stereocenters. The monoisotopic (exact) mass is 344 g/mol. The van der Waals surface area contributed by atoms with Crippen LogP contribution in [0.4, 0.5) is 13.2 Å². The highest BCUT2D eigenvalue weighted by atomic mass is 19.3. The van der Waals surface area contributed by atoms with Gasteiger partial charge >= 0.3 is 0 Å². The highest BCUT2D eigenvalue weighted by molar-refractivity contribution is 5.79. The van der Waals surface area contributed by atoms with Crippen molar-refractivity contribution in [2.75, 3.05) is 0 Å². The predicted octanol–water partition coefficient (Wildman–Crippen LogP) is 3.21. The number of alkyl halides is 2. The Morgan fingerprint density at radius 3 is 2.72 bits per heavy atom. The van der Waals surface area contributed by atoms with Crippen molar-refractivity contribution in [1.29, 1.82) is 0 Å². The van der Waals surface area contributed by atoms with E-state index in [0.717, 1.165) is 0 Å². The fourth-order valence-electron chi connectivity index (χ4n) is 2.57. The number of hydrogen-bond acceptors (Lipinski definition) is 4. The van der Waals surface area contributed by atoms with Gasteiger partial charge in [0, 0.05) is 12.6 Å². The summed E-state index contributed by atoms with van der Waals surface area (Å²) in [6, 6.07) is 9.78. The van der Waals surface area contributed by atoms with Gasteiger partial charge in [-0.25, -0.2) is 18.3 Å². The zero-order chi connectivity index (χ0) is 17.4. The fraction of sp³-hybridized carbons (Fsp3) is 0.125. The van der Waals surface area contributed by atoms with Crippen LogP contribution in [0.25, 0.3) is 17.0 Å². The van der Waals surface area contributed by atoms with E-state index in [1.54, 1.807) is 36.5 Å². The highest BCUT2D eigenvalue weighted by Gasteiger charge is 2.19. The standard InChI is InChI=1S/C16H11F3N6/c17-10-5-2-1-4-9(10)8-11-13-12(6-3-7-20-13)25(24-11)16-21-15(14(18)19)22-23-16/h1-7,14H,8H2,(H,21,22,23). The van der Waals surface area contributed by atoms with Crippen LogP contribution in [0.1, 0.15) is 23.5 Å². The van der Waals surface area contributed by atoms with Crippen molar-refractivity contribution < 1.29 is 13.2 Å². The second kappa shape index (κ2) is 6.00. The molecular weight excluding hydrogens is 333 g/mol. The molecule has 3 heterocycles. The Hall–Kier alpha value is -3.23. The first kappa shape index (κ1) is 15.3. The van der Waals surface area contributed by atoms with Crippen LogP contribution >= 0.6 is 0 Å². The van der Waals surface area contributed by atoms with Crippen molar-refractivity contribution in [3.05, 3.63) is 65.5 Å². The smallest absolute Gasteiger partial charge is 0.253 e. The molecule has 6 nitrogen and oxygen atoms in total. The molecule has 4 aromatic rings. The Balaban J connectivity index is 1.82. The summed E-state index contributed by atoms with van der Waals surface area (Å²) < 4.78 is 40.7. The lowest BCUT2D eigenvalue weighted by Gasteiger charge is -2.00. The van der Waals surface area contributed by atoms with Crippen LogP contribution in [0.3, 0.4) is 0 Å². The Morgan fingerprint density at radius 1 is 1.12 bits per heavy atom. The molecule has 0 aliphatic heterocycles. The summed E-state index contributed by atoms with van der Waals surface area (Å²) in [5, 5.41) is 10.3. The number of hydrogen-bond donors (Lipinski definition) is 1. The van der Waals surface area contributed by atoms with Gasteiger partial charge in [-0.15, -0.1) is 0 Å². The average Bonchev–Trinajstić information content (AvgIpc) is 3.22. The molecule has 4 rings (SSSR count). The third-order valence-electron chi connectivity index (χ3n) is 3.71. The summed E-state index contributed by atoms with van der Waals surface area (Å²) in [4.78, 5) is 8.03. The predicted molar refractivity (Wildman–Crippen MR) is 83.0 cm³/mol. The summed E-state index contributed by atoms with van der Waals surface area (Å²) in [6.45, 7) is 0. The Morgan fingerprint density at radius 2 is 1.96 bits per heavy atom. The minimum Gasteiger partial charge on any atom is -0.253 e. The van der Waals surface area contributed by atoms with E-state index in [4.69, 9.17) is 0 Å². The molecule has 0 aliphatic rings. The van der Waals surface area contributed by atoms with E-state index in [9.17, 15) is 13.2 Å². The Kier molecular flexibility index (Phi) is 3.68. The zero-order valence-corrected chi connectivity index (χ0v) is 12.7. The molecule has 9 heteroatoms. The van der Waals surface area contributed by atoms with E-state index < -0.39 is 12.2 Å². The molecule has 0 saturated carbocycles. The molecule has 0 spiro atoms. The lowest BCUT2D eigenvalue weighted by Crippen LogP contribution is -2.01. The molecule has 0 radical (unpaired) electrons. The summed E-state index contributed by atoms with van der Waals surface area (Å²) >= 11 is 0. The van der Waals surface area contributed by atoms with E-state index in [0.29, 0.717) is 22.3 Å². The number of rotatable bonds is 4. The van der Waals surface area contributed by atoms with Crippen molar-refractivity contribution in [2.24, 2.45) is 0 Å². The maximum Gasteiger partial charge on any atom is 0.299 e.